The molecule has 0 atom stereocenters. The SMILES string of the molecule is O=C(Oc1cccc(Cc2n[nH]c(=O)c3ccccc23)c1)C1CCCCC1. The Kier molecular flexibility index (Phi) is 5.01. The molecule has 0 saturated heterocycles. The number of hydrogen-bond donors (Lipinski definition) is 1. The highest BCUT2D eigenvalue weighted by atomic mass is 16.5. The molecule has 1 aromatic heterocycles. The van der Waals surface area contributed by atoms with E-state index in [0.717, 1.165) is 42.3 Å². The van der Waals surface area contributed by atoms with Crippen LogP contribution < -0.4 is 10.3 Å². The summed E-state index contributed by atoms with van der Waals surface area (Å²) >= 11 is 0. The summed E-state index contributed by atoms with van der Waals surface area (Å²) in [6.45, 7) is 0. The molecule has 0 radical (unpaired) electrons. The second-order valence-electron chi connectivity index (χ2n) is 7.13. The Balaban J connectivity index is 1.54. The average molecular weight is 362 g/mol. The Morgan fingerprint density at radius 3 is 2.63 bits per heavy atom. The van der Waals surface area contributed by atoms with Crippen LogP contribution in [0.3, 0.4) is 0 Å². The Hall–Kier alpha value is -2.95. The van der Waals surface area contributed by atoms with Crippen LogP contribution in [0.2, 0.25) is 0 Å². The fourth-order valence-corrected chi connectivity index (χ4v) is 3.76. The molecule has 0 spiro atoms. The van der Waals surface area contributed by atoms with Crippen molar-refractivity contribution in [1.82, 2.24) is 10.2 Å². The molecule has 4 rings (SSSR count). The van der Waals surface area contributed by atoms with Gasteiger partial charge < -0.3 is 4.74 Å². The number of carbonyl (C=O) groups is 1. The first-order chi connectivity index (χ1) is 13.2. The van der Waals surface area contributed by atoms with Gasteiger partial charge in [0.25, 0.3) is 5.56 Å². The second kappa shape index (κ2) is 7.74. The fraction of sp³-hybridized carbons (Fsp3) is 0.318. The Labute approximate surface area is 157 Å². The normalized spacial score (nSPS) is 15.0. The molecule has 1 heterocycles. The molecule has 0 bridgehead atoms. The first-order valence-corrected chi connectivity index (χ1v) is 9.47. The molecule has 0 amide bonds. The fourth-order valence-electron chi connectivity index (χ4n) is 3.76. The van der Waals surface area contributed by atoms with Crippen molar-refractivity contribution in [2.24, 2.45) is 5.92 Å². The maximum atomic E-state index is 12.4. The van der Waals surface area contributed by atoms with E-state index in [-0.39, 0.29) is 17.4 Å². The predicted molar refractivity (Wildman–Crippen MR) is 104 cm³/mol. The standard InChI is InChI=1S/C22H22N2O3/c25-21-19-12-5-4-11-18(19)20(23-24-21)14-15-7-6-10-17(13-15)27-22(26)16-8-2-1-3-9-16/h4-7,10-13,16H,1-3,8-9,14H2,(H,24,25). The van der Waals surface area contributed by atoms with Crippen LogP contribution in [0.1, 0.15) is 43.4 Å². The largest absolute Gasteiger partial charge is 0.426 e. The number of carbonyl (C=O) groups excluding carboxylic acids is 1. The summed E-state index contributed by atoms with van der Waals surface area (Å²) < 4.78 is 5.62. The molecule has 27 heavy (non-hydrogen) atoms. The van der Waals surface area contributed by atoms with Gasteiger partial charge in [-0.15, -0.1) is 0 Å². The van der Waals surface area contributed by atoms with Crippen molar-refractivity contribution >= 4 is 16.7 Å². The van der Waals surface area contributed by atoms with Gasteiger partial charge in [0.1, 0.15) is 5.75 Å². The molecule has 5 heteroatoms. The highest BCUT2D eigenvalue weighted by Crippen LogP contribution is 2.26. The van der Waals surface area contributed by atoms with E-state index in [1.54, 1.807) is 6.07 Å². The zero-order valence-corrected chi connectivity index (χ0v) is 15.1. The predicted octanol–water partition coefficient (Wildman–Crippen LogP) is 4.00. The molecular weight excluding hydrogens is 340 g/mol. The van der Waals surface area contributed by atoms with Gasteiger partial charge >= 0.3 is 5.97 Å². The van der Waals surface area contributed by atoms with Gasteiger partial charge in [0, 0.05) is 11.8 Å². The van der Waals surface area contributed by atoms with E-state index in [1.807, 2.05) is 42.5 Å². The third-order valence-electron chi connectivity index (χ3n) is 5.20. The highest BCUT2D eigenvalue weighted by molar-refractivity contribution is 5.83. The number of aromatic amines is 1. The minimum absolute atomic E-state index is 0.0206. The van der Waals surface area contributed by atoms with E-state index in [4.69, 9.17) is 4.74 Å². The zero-order chi connectivity index (χ0) is 18.6. The lowest BCUT2D eigenvalue weighted by Gasteiger charge is -2.19. The molecular formula is C22H22N2O3. The first kappa shape index (κ1) is 17.5. The molecule has 2 aromatic carbocycles. The van der Waals surface area contributed by atoms with Crippen molar-refractivity contribution in [3.05, 3.63) is 70.1 Å². The summed E-state index contributed by atoms with van der Waals surface area (Å²) in [4.78, 5) is 24.3. The summed E-state index contributed by atoms with van der Waals surface area (Å²) in [7, 11) is 0. The van der Waals surface area contributed by atoms with E-state index in [1.165, 1.54) is 6.42 Å². The lowest BCUT2D eigenvalue weighted by atomic mass is 9.89. The number of fused-ring (bicyclic) bond motifs is 1. The molecule has 1 saturated carbocycles. The van der Waals surface area contributed by atoms with Crippen LogP contribution in [0, 0.1) is 5.92 Å². The smallest absolute Gasteiger partial charge is 0.314 e. The van der Waals surface area contributed by atoms with Crippen LogP contribution >= 0.6 is 0 Å². The molecule has 1 aliphatic carbocycles. The molecule has 5 nitrogen and oxygen atoms in total. The van der Waals surface area contributed by atoms with Gasteiger partial charge in [-0.1, -0.05) is 49.6 Å². The van der Waals surface area contributed by atoms with Gasteiger partial charge in [-0.05, 0) is 36.6 Å². The summed E-state index contributed by atoms with van der Waals surface area (Å²) in [6.07, 6.45) is 5.80. The monoisotopic (exact) mass is 362 g/mol. The molecule has 1 fully saturated rings. The minimum atomic E-state index is -0.190. The van der Waals surface area contributed by atoms with E-state index < -0.39 is 0 Å². The van der Waals surface area contributed by atoms with E-state index in [9.17, 15) is 9.59 Å². The second-order valence-corrected chi connectivity index (χ2v) is 7.13. The molecule has 138 valence electrons. The van der Waals surface area contributed by atoms with Gasteiger partial charge in [0.05, 0.1) is 17.0 Å². The number of ether oxygens (including phenoxy) is 1. The van der Waals surface area contributed by atoms with Crippen molar-refractivity contribution < 1.29 is 9.53 Å². The number of benzene rings is 2. The van der Waals surface area contributed by atoms with Crippen LogP contribution in [-0.4, -0.2) is 16.2 Å². The third-order valence-corrected chi connectivity index (χ3v) is 5.20. The van der Waals surface area contributed by atoms with Crippen LogP contribution in [0.15, 0.2) is 53.3 Å². The first-order valence-electron chi connectivity index (χ1n) is 9.47. The summed E-state index contributed by atoms with van der Waals surface area (Å²) in [5.41, 5.74) is 1.58. The molecule has 0 aliphatic heterocycles. The molecule has 1 N–H and O–H groups in total. The van der Waals surface area contributed by atoms with Gasteiger partial charge in [-0.3, -0.25) is 9.59 Å². The topological polar surface area (TPSA) is 72.0 Å². The maximum absolute atomic E-state index is 12.4. The van der Waals surface area contributed by atoms with E-state index in [2.05, 4.69) is 10.2 Å². The van der Waals surface area contributed by atoms with Crippen molar-refractivity contribution in [2.75, 3.05) is 0 Å². The van der Waals surface area contributed by atoms with E-state index >= 15 is 0 Å². The Morgan fingerprint density at radius 2 is 1.81 bits per heavy atom. The van der Waals surface area contributed by atoms with Gasteiger partial charge in [-0.2, -0.15) is 5.10 Å². The number of esters is 1. The molecule has 0 unspecified atom stereocenters. The highest BCUT2D eigenvalue weighted by Gasteiger charge is 2.23. The Bertz CT molecular complexity index is 1020. The summed E-state index contributed by atoms with van der Waals surface area (Å²) in [5.74, 6) is 0.462. The van der Waals surface area contributed by atoms with Gasteiger partial charge in [-0.25, -0.2) is 5.10 Å². The quantitative estimate of drug-likeness (QED) is 0.562. The lowest BCUT2D eigenvalue weighted by molar-refractivity contribution is -0.139. The molecule has 1 aliphatic rings. The van der Waals surface area contributed by atoms with Crippen LogP contribution in [0.5, 0.6) is 5.75 Å². The van der Waals surface area contributed by atoms with Crippen molar-refractivity contribution in [2.45, 2.75) is 38.5 Å². The number of aromatic nitrogens is 2. The number of nitrogens with zero attached hydrogens (tertiary/aromatic N) is 1. The van der Waals surface area contributed by atoms with Crippen molar-refractivity contribution in [3.63, 3.8) is 0 Å². The molecule has 3 aromatic rings. The van der Waals surface area contributed by atoms with Gasteiger partial charge in [0.15, 0.2) is 0 Å². The van der Waals surface area contributed by atoms with Crippen LogP contribution in [0.25, 0.3) is 10.8 Å². The minimum Gasteiger partial charge on any atom is -0.426 e. The van der Waals surface area contributed by atoms with Crippen LogP contribution in [0.4, 0.5) is 0 Å². The number of H-pyrrole nitrogens is 1. The number of nitrogens with one attached hydrogen (secondary N) is 1. The number of hydrogen-bond acceptors (Lipinski definition) is 4. The van der Waals surface area contributed by atoms with Crippen molar-refractivity contribution in [3.8, 4) is 5.75 Å². The Morgan fingerprint density at radius 1 is 1.04 bits per heavy atom. The van der Waals surface area contributed by atoms with Crippen LogP contribution in [-0.2, 0) is 11.2 Å². The van der Waals surface area contributed by atoms with Gasteiger partial charge in [0.2, 0.25) is 0 Å². The van der Waals surface area contributed by atoms with Crippen molar-refractivity contribution in [1.29, 1.82) is 0 Å². The number of rotatable bonds is 4. The third kappa shape index (κ3) is 3.92. The zero-order valence-electron chi connectivity index (χ0n) is 15.1. The average Bonchev–Trinajstić information content (AvgIpc) is 2.71. The van der Waals surface area contributed by atoms with E-state index in [0.29, 0.717) is 17.6 Å². The lowest BCUT2D eigenvalue weighted by Crippen LogP contribution is -2.22. The summed E-state index contributed by atoms with van der Waals surface area (Å²) in [6, 6.07) is 15.0. The summed E-state index contributed by atoms with van der Waals surface area (Å²) in [5, 5.41) is 8.25. The maximum Gasteiger partial charge on any atom is 0.314 e.